The van der Waals surface area contributed by atoms with Gasteiger partial charge in [-0.15, -0.1) is 0 Å². The molecule has 0 aliphatic carbocycles. The van der Waals surface area contributed by atoms with E-state index in [9.17, 15) is 4.79 Å². The van der Waals surface area contributed by atoms with Crippen LogP contribution in [0.3, 0.4) is 0 Å². The fourth-order valence-electron chi connectivity index (χ4n) is 1.98. The lowest BCUT2D eigenvalue weighted by atomic mass is 10.1. The third kappa shape index (κ3) is 1.67. The summed E-state index contributed by atoms with van der Waals surface area (Å²) in [5.41, 5.74) is 2.26. The Morgan fingerprint density at radius 3 is 2.42 bits per heavy atom. The van der Waals surface area contributed by atoms with Crippen molar-refractivity contribution in [3.8, 4) is 6.07 Å². The van der Waals surface area contributed by atoms with Gasteiger partial charge in [0.15, 0.2) is 0 Å². The molecule has 0 spiro atoms. The van der Waals surface area contributed by atoms with E-state index in [1.165, 1.54) is 6.07 Å². The summed E-state index contributed by atoms with van der Waals surface area (Å²) in [5.74, 6) is -1.06. The number of fused-ring (bicyclic) bond motifs is 2. The normalized spacial score (nSPS) is 10.5. The van der Waals surface area contributed by atoms with E-state index in [1.807, 2.05) is 6.07 Å². The van der Waals surface area contributed by atoms with Crippen molar-refractivity contribution in [3.05, 3.63) is 47.5 Å². The molecule has 5 heteroatoms. The van der Waals surface area contributed by atoms with E-state index in [1.54, 1.807) is 30.3 Å². The number of nitriles is 1. The number of para-hydroxylation sites is 2. The van der Waals surface area contributed by atoms with Crippen LogP contribution in [0.15, 0.2) is 36.4 Å². The summed E-state index contributed by atoms with van der Waals surface area (Å²) in [6.45, 7) is 0. The highest BCUT2D eigenvalue weighted by molar-refractivity contribution is 6.02. The van der Waals surface area contributed by atoms with Crippen LogP contribution in [0.25, 0.3) is 22.1 Å². The van der Waals surface area contributed by atoms with Crippen molar-refractivity contribution in [2.75, 3.05) is 0 Å². The van der Waals surface area contributed by atoms with Gasteiger partial charge in [-0.2, -0.15) is 5.26 Å². The molecule has 0 bridgehead atoms. The molecule has 90 valence electrons. The molecule has 1 N–H and O–H groups in total. The average Bonchev–Trinajstić information content (AvgIpc) is 2.43. The first-order valence-electron chi connectivity index (χ1n) is 5.53. The van der Waals surface area contributed by atoms with Crippen LogP contribution >= 0.6 is 0 Å². The predicted molar refractivity (Wildman–Crippen MR) is 68.7 cm³/mol. The molecule has 0 atom stereocenters. The molecule has 5 nitrogen and oxygen atoms in total. The van der Waals surface area contributed by atoms with Gasteiger partial charge < -0.3 is 5.11 Å². The van der Waals surface area contributed by atoms with Gasteiger partial charge in [-0.3, -0.25) is 0 Å². The first-order chi connectivity index (χ1) is 9.20. The second-order valence-corrected chi connectivity index (χ2v) is 3.99. The summed E-state index contributed by atoms with van der Waals surface area (Å²) < 4.78 is 0. The van der Waals surface area contributed by atoms with Gasteiger partial charge >= 0.3 is 5.97 Å². The second-order valence-electron chi connectivity index (χ2n) is 3.99. The van der Waals surface area contributed by atoms with E-state index in [0.717, 1.165) is 0 Å². The molecule has 3 aromatic rings. The molecule has 19 heavy (non-hydrogen) atoms. The van der Waals surface area contributed by atoms with Crippen LogP contribution < -0.4 is 0 Å². The van der Waals surface area contributed by atoms with Crippen molar-refractivity contribution in [3.63, 3.8) is 0 Å². The highest BCUT2D eigenvalue weighted by atomic mass is 16.4. The molecule has 2 aromatic carbocycles. The smallest absolute Gasteiger partial charge is 0.337 e. The van der Waals surface area contributed by atoms with Gasteiger partial charge in [0.1, 0.15) is 17.1 Å². The summed E-state index contributed by atoms with van der Waals surface area (Å²) >= 11 is 0. The van der Waals surface area contributed by atoms with Crippen molar-refractivity contribution >= 4 is 28.0 Å². The Labute approximate surface area is 107 Å². The lowest BCUT2D eigenvalue weighted by Crippen LogP contribution is -2.00. The van der Waals surface area contributed by atoms with Gasteiger partial charge in [-0.1, -0.05) is 12.1 Å². The molecular weight excluding hydrogens is 242 g/mol. The van der Waals surface area contributed by atoms with E-state index < -0.39 is 5.97 Å². The van der Waals surface area contributed by atoms with Gasteiger partial charge in [0.25, 0.3) is 0 Å². The van der Waals surface area contributed by atoms with Gasteiger partial charge in [0, 0.05) is 0 Å². The predicted octanol–water partition coefficient (Wildman–Crippen LogP) is 2.35. The molecule has 0 radical (unpaired) electrons. The standard InChI is InChI=1S/C14H7N3O2/c15-7-8-3-1-5-10-12(8)17-13-9(14(18)19)4-2-6-11(13)16-10/h1-6H,(H,18,19). The van der Waals surface area contributed by atoms with E-state index in [0.29, 0.717) is 27.6 Å². The fourth-order valence-corrected chi connectivity index (χ4v) is 1.98. The van der Waals surface area contributed by atoms with Gasteiger partial charge in [-0.05, 0) is 24.3 Å². The number of carboxylic acid groups (broad SMARTS) is 1. The number of rotatable bonds is 1. The molecule has 0 fully saturated rings. The quantitative estimate of drug-likeness (QED) is 0.669. The maximum Gasteiger partial charge on any atom is 0.337 e. The van der Waals surface area contributed by atoms with Crippen LogP contribution in [0.5, 0.6) is 0 Å². The van der Waals surface area contributed by atoms with Gasteiger partial charge in [-0.25, -0.2) is 14.8 Å². The molecule has 0 aliphatic heterocycles. The van der Waals surface area contributed by atoms with Crippen molar-refractivity contribution in [1.29, 1.82) is 5.26 Å². The van der Waals surface area contributed by atoms with Crippen LogP contribution in [0.4, 0.5) is 0 Å². The molecule has 0 saturated carbocycles. The van der Waals surface area contributed by atoms with Crippen LogP contribution in [-0.4, -0.2) is 21.0 Å². The fraction of sp³-hybridized carbons (Fsp3) is 0. The Morgan fingerprint density at radius 2 is 1.74 bits per heavy atom. The third-order valence-corrected chi connectivity index (χ3v) is 2.84. The number of hydrogen-bond donors (Lipinski definition) is 1. The third-order valence-electron chi connectivity index (χ3n) is 2.84. The van der Waals surface area contributed by atoms with Crippen LogP contribution in [-0.2, 0) is 0 Å². The number of aromatic carboxylic acids is 1. The SMILES string of the molecule is N#Cc1cccc2nc3cccc(C(=O)O)c3nc12. The minimum atomic E-state index is -1.06. The van der Waals surface area contributed by atoms with Crippen molar-refractivity contribution in [2.24, 2.45) is 0 Å². The topological polar surface area (TPSA) is 86.9 Å². The van der Waals surface area contributed by atoms with Crippen molar-refractivity contribution < 1.29 is 9.90 Å². The molecule has 0 aliphatic rings. The highest BCUT2D eigenvalue weighted by Gasteiger charge is 2.12. The van der Waals surface area contributed by atoms with Gasteiger partial charge in [0.2, 0.25) is 0 Å². The Morgan fingerprint density at radius 1 is 1.05 bits per heavy atom. The van der Waals surface area contributed by atoms with E-state index >= 15 is 0 Å². The second kappa shape index (κ2) is 4.03. The van der Waals surface area contributed by atoms with Crippen LogP contribution in [0.1, 0.15) is 15.9 Å². The number of benzene rings is 2. The van der Waals surface area contributed by atoms with Crippen molar-refractivity contribution in [2.45, 2.75) is 0 Å². The maximum atomic E-state index is 11.2. The largest absolute Gasteiger partial charge is 0.478 e. The number of carbonyl (C=O) groups is 1. The summed E-state index contributed by atoms with van der Waals surface area (Å²) in [6.07, 6.45) is 0. The molecule has 0 amide bonds. The molecule has 0 unspecified atom stereocenters. The zero-order chi connectivity index (χ0) is 13.4. The summed E-state index contributed by atoms with van der Waals surface area (Å²) in [6, 6.07) is 11.9. The maximum absolute atomic E-state index is 11.2. The lowest BCUT2D eigenvalue weighted by Gasteiger charge is -2.04. The minimum Gasteiger partial charge on any atom is -0.478 e. The minimum absolute atomic E-state index is 0.0830. The van der Waals surface area contributed by atoms with Crippen molar-refractivity contribution in [1.82, 2.24) is 9.97 Å². The highest BCUT2D eigenvalue weighted by Crippen LogP contribution is 2.21. The average molecular weight is 249 g/mol. The summed E-state index contributed by atoms with van der Waals surface area (Å²) in [4.78, 5) is 19.8. The van der Waals surface area contributed by atoms with Crippen LogP contribution in [0.2, 0.25) is 0 Å². The van der Waals surface area contributed by atoms with E-state index in [2.05, 4.69) is 9.97 Å². The molecule has 1 heterocycles. The Balaban J connectivity index is 2.51. The molecule has 0 saturated heterocycles. The Hall–Kier alpha value is -3.00. The summed E-state index contributed by atoms with van der Waals surface area (Å²) in [7, 11) is 0. The number of aromatic nitrogens is 2. The van der Waals surface area contributed by atoms with E-state index in [-0.39, 0.29) is 5.56 Å². The zero-order valence-electron chi connectivity index (χ0n) is 9.66. The first-order valence-corrected chi connectivity index (χ1v) is 5.53. The Kier molecular flexibility index (Phi) is 2.36. The zero-order valence-corrected chi connectivity index (χ0v) is 9.66. The number of nitrogens with zero attached hydrogens (tertiary/aromatic N) is 3. The number of hydrogen-bond acceptors (Lipinski definition) is 4. The molecule has 3 rings (SSSR count). The molecule has 1 aromatic heterocycles. The van der Waals surface area contributed by atoms with E-state index in [4.69, 9.17) is 10.4 Å². The monoisotopic (exact) mass is 249 g/mol. The Bertz CT molecular complexity index is 866. The summed E-state index contributed by atoms with van der Waals surface area (Å²) in [5, 5.41) is 18.2. The lowest BCUT2D eigenvalue weighted by molar-refractivity contribution is 0.0699. The number of carboxylic acids is 1. The first kappa shape index (κ1) is 11.1. The van der Waals surface area contributed by atoms with Gasteiger partial charge in [0.05, 0.1) is 22.2 Å². The molecular formula is C14H7N3O2. The van der Waals surface area contributed by atoms with Crippen LogP contribution in [0, 0.1) is 11.3 Å².